The van der Waals surface area contributed by atoms with Gasteiger partial charge >= 0.3 is 6.01 Å². The first-order valence-electron chi connectivity index (χ1n) is 13.9. The Labute approximate surface area is 244 Å². The number of amides is 1. The van der Waals surface area contributed by atoms with E-state index in [1.807, 2.05) is 24.9 Å². The lowest BCUT2D eigenvalue weighted by Gasteiger charge is -2.35. The molecule has 2 N–H and O–H groups in total. The third-order valence-corrected chi connectivity index (χ3v) is 8.34. The Bertz CT molecular complexity index is 1340. The fourth-order valence-electron chi connectivity index (χ4n) is 5.94. The Kier molecular flexibility index (Phi) is 8.71. The quantitative estimate of drug-likeness (QED) is 0.460. The summed E-state index contributed by atoms with van der Waals surface area (Å²) >= 11 is 0. The number of aryl methyl sites for hydroxylation is 1. The number of halogens is 2. The molecule has 3 aliphatic rings. The summed E-state index contributed by atoms with van der Waals surface area (Å²) in [5.41, 5.74) is 8.43. The molecule has 3 fully saturated rings. The van der Waals surface area contributed by atoms with Gasteiger partial charge in [-0.05, 0) is 44.2 Å². The minimum absolute atomic E-state index is 0. The maximum absolute atomic E-state index is 14.5. The minimum Gasteiger partial charge on any atom is -0.370 e. The zero-order chi connectivity index (χ0) is 27.8. The van der Waals surface area contributed by atoms with Crippen LogP contribution < -0.4 is 15.5 Å². The predicted octanol–water partition coefficient (Wildman–Crippen LogP) is 3.25. The number of anilines is 2. The van der Waals surface area contributed by atoms with Gasteiger partial charge in [0.15, 0.2) is 0 Å². The summed E-state index contributed by atoms with van der Waals surface area (Å²) in [5, 5.41) is 4.10. The summed E-state index contributed by atoms with van der Waals surface area (Å²) in [7, 11) is 1.82. The molecule has 6 rings (SSSR count). The van der Waals surface area contributed by atoms with Gasteiger partial charge in [-0.2, -0.15) is 4.98 Å². The van der Waals surface area contributed by atoms with Crippen molar-refractivity contribution in [3.8, 4) is 0 Å². The van der Waals surface area contributed by atoms with Crippen molar-refractivity contribution < 1.29 is 18.4 Å². The number of nitrogens with two attached hydrogens (primary N) is 1. The second-order valence-electron chi connectivity index (χ2n) is 11.0. The number of benzene rings is 1. The summed E-state index contributed by atoms with van der Waals surface area (Å²) < 4.78 is 25.6. The molecule has 11 nitrogen and oxygen atoms in total. The first kappa shape index (κ1) is 29.2. The number of carbonyl (C=O) groups is 1. The van der Waals surface area contributed by atoms with E-state index in [-0.39, 0.29) is 48.2 Å². The Morgan fingerprint density at radius 1 is 1.12 bits per heavy atom. The zero-order valence-electron chi connectivity index (χ0n) is 23.3. The molecule has 0 saturated carbocycles. The van der Waals surface area contributed by atoms with Crippen molar-refractivity contribution in [1.82, 2.24) is 25.0 Å². The van der Waals surface area contributed by atoms with Crippen LogP contribution in [0.1, 0.15) is 65.0 Å². The van der Waals surface area contributed by atoms with Crippen LogP contribution in [0.2, 0.25) is 0 Å². The molecule has 41 heavy (non-hydrogen) atoms. The molecule has 1 aromatic carbocycles. The van der Waals surface area contributed by atoms with E-state index in [9.17, 15) is 9.18 Å². The summed E-state index contributed by atoms with van der Waals surface area (Å²) in [6, 6.07) is 5.45. The summed E-state index contributed by atoms with van der Waals surface area (Å²) in [6.45, 7) is 5.12. The first-order chi connectivity index (χ1) is 19.4. The molecule has 0 spiro atoms. The number of rotatable bonds is 6. The van der Waals surface area contributed by atoms with Gasteiger partial charge in [0.1, 0.15) is 11.9 Å². The molecule has 3 atom stereocenters. The lowest BCUT2D eigenvalue weighted by Crippen LogP contribution is -2.45. The van der Waals surface area contributed by atoms with Gasteiger partial charge in [0.05, 0.1) is 5.56 Å². The van der Waals surface area contributed by atoms with E-state index >= 15 is 0 Å². The van der Waals surface area contributed by atoms with Crippen LogP contribution in [-0.2, 0) is 4.74 Å². The fraction of sp³-hybridized carbons (Fsp3) is 0.536. The Morgan fingerprint density at radius 3 is 2.59 bits per heavy atom. The topological polar surface area (TPSA) is 127 Å². The summed E-state index contributed by atoms with van der Waals surface area (Å²) in [5.74, 6) is 0.571. The van der Waals surface area contributed by atoms with Crippen molar-refractivity contribution in [1.29, 1.82) is 0 Å². The molecule has 0 aliphatic carbocycles. The van der Waals surface area contributed by atoms with Crippen LogP contribution in [0.15, 0.2) is 35.1 Å². The Balaban J connectivity index is 0.00000337. The van der Waals surface area contributed by atoms with E-state index in [1.54, 1.807) is 23.4 Å². The lowest BCUT2D eigenvalue weighted by molar-refractivity contribution is 0.0707. The number of piperidine rings is 1. The molecule has 0 radical (unpaired) electrons. The molecule has 5 heterocycles. The van der Waals surface area contributed by atoms with Crippen LogP contribution in [0.5, 0.6) is 0 Å². The zero-order valence-corrected chi connectivity index (χ0v) is 24.1. The molecule has 3 aromatic rings. The molecular formula is C28H36ClFN8O3. The van der Waals surface area contributed by atoms with Gasteiger partial charge in [-0.25, -0.2) is 14.4 Å². The van der Waals surface area contributed by atoms with E-state index in [0.717, 1.165) is 37.9 Å². The van der Waals surface area contributed by atoms with Crippen LogP contribution in [0.25, 0.3) is 0 Å². The van der Waals surface area contributed by atoms with E-state index in [1.165, 1.54) is 6.07 Å². The van der Waals surface area contributed by atoms with Crippen molar-refractivity contribution >= 4 is 30.3 Å². The Hall–Kier alpha value is -3.35. The van der Waals surface area contributed by atoms with Gasteiger partial charge < -0.3 is 29.7 Å². The average molecular weight is 587 g/mol. The standard InChI is InChI=1S/C28H35FN8O3.ClH/c1-17-5-6-22(29)20(12-17)21-15-37(16-23(21)30)27-31-13-18(14-32-27)26(38)35(2)19-7-9-36(10-8-19)28-33-25(34-40-28)24-4-3-11-39-24;/h5-6,12-14,19,21,23-24H,3-4,7-11,15-16,30H2,1-2H3;1H/t21-,23+,24+;/m1./s1. The molecule has 0 unspecified atom stereocenters. The van der Waals surface area contributed by atoms with Crippen LogP contribution >= 0.6 is 12.4 Å². The van der Waals surface area contributed by atoms with E-state index in [2.05, 4.69) is 25.0 Å². The summed E-state index contributed by atoms with van der Waals surface area (Å²) in [6.07, 6.45) is 6.53. The van der Waals surface area contributed by atoms with Crippen molar-refractivity contribution in [2.24, 2.45) is 5.73 Å². The molecule has 2 aromatic heterocycles. The summed E-state index contributed by atoms with van der Waals surface area (Å²) in [4.78, 5) is 32.5. The average Bonchev–Trinajstić information content (AvgIpc) is 3.75. The second-order valence-corrected chi connectivity index (χ2v) is 11.0. The molecule has 3 saturated heterocycles. The molecule has 13 heteroatoms. The van der Waals surface area contributed by atoms with Crippen molar-refractivity contribution in [2.45, 2.75) is 56.7 Å². The van der Waals surface area contributed by atoms with Crippen molar-refractivity contribution in [3.05, 3.63) is 58.9 Å². The Morgan fingerprint density at radius 2 is 1.88 bits per heavy atom. The van der Waals surface area contributed by atoms with Gasteiger partial charge in [-0.15, -0.1) is 12.4 Å². The third-order valence-electron chi connectivity index (χ3n) is 8.34. The number of hydrogen-bond acceptors (Lipinski definition) is 10. The number of ether oxygens (including phenoxy) is 1. The number of hydrogen-bond donors (Lipinski definition) is 1. The highest BCUT2D eigenvalue weighted by molar-refractivity contribution is 5.93. The van der Waals surface area contributed by atoms with Gasteiger partial charge in [-0.1, -0.05) is 22.9 Å². The smallest absolute Gasteiger partial charge is 0.324 e. The highest BCUT2D eigenvalue weighted by Crippen LogP contribution is 2.31. The van der Waals surface area contributed by atoms with Crippen molar-refractivity contribution in [3.63, 3.8) is 0 Å². The second kappa shape index (κ2) is 12.3. The van der Waals surface area contributed by atoms with Gasteiger partial charge in [0.25, 0.3) is 5.91 Å². The van der Waals surface area contributed by atoms with E-state index < -0.39 is 0 Å². The SMILES string of the molecule is Cc1ccc(F)c([C@H]2CN(c3ncc(C(=O)N(C)C4CCN(c5nc([C@@H]6CCCO6)no5)CC4)cn3)C[C@@H]2N)c1.Cl. The first-order valence-corrected chi connectivity index (χ1v) is 13.9. The molecule has 0 bridgehead atoms. The number of aromatic nitrogens is 4. The van der Waals surface area contributed by atoms with Crippen molar-refractivity contribution in [2.75, 3.05) is 49.6 Å². The fourth-order valence-corrected chi connectivity index (χ4v) is 5.94. The van der Waals surface area contributed by atoms with E-state index in [0.29, 0.717) is 55.1 Å². The monoisotopic (exact) mass is 586 g/mol. The number of carbonyl (C=O) groups excluding carboxylic acids is 1. The van der Waals surface area contributed by atoms with Gasteiger partial charge in [0.2, 0.25) is 11.8 Å². The largest absolute Gasteiger partial charge is 0.370 e. The minimum atomic E-state index is -0.246. The maximum atomic E-state index is 14.5. The van der Waals surface area contributed by atoms with Crippen LogP contribution in [0, 0.1) is 12.7 Å². The number of nitrogens with zero attached hydrogens (tertiary/aromatic N) is 7. The van der Waals surface area contributed by atoms with Gasteiger partial charge in [-0.3, -0.25) is 4.79 Å². The van der Waals surface area contributed by atoms with Crippen LogP contribution in [-0.4, -0.2) is 82.8 Å². The molecule has 220 valence electrons. The lowest BCUT2D eigenvalue weighted by atomic mass is 9.93. The normalized spacial score (nSPS) is 23.1. The maximum Gasteiger partial charge on any atom is 0.324 e. The third kappa shape index (κ3) is 6.00. The molecule has 3 aliphatic heterocycles. The van der Waals surface area contributed by atoms with Gasteiger partial charge in [0, 0.05) is 70.2 Å². The predicted molar refractivity (Wildman–Crippen MR) is 153 cm³/mol. The van der Waals surface area contributed by atoms with Crippen LogP contribution in [0.4, 0.5) is 16.4 Å². The molecular weight excluding hydrogens is 551 g/mol. The highest BCUT2D eigenvalue weighted by atomic mass is 35.5. The molecule has 1 amide bonds. The van der Waals surface area contributed by atoms with Crippen LogP contribution in [0.3, 0.4) is 0 Å². The van der Waals surface area contributed by atoms with E-state index in [4.69, 9.17) is 15.0 Å². The highest BCUT2D eigenvalue weighted by Gasteiger charge is 2.35.